The topological polar surface area (TPSA) is 17.8 Å². The van der Waals surface area contributed by atoms with Gasteiger partial charge in [0.2, 0.25) is 0 Å². The van der Waals surface area contributed by atoms with E-state index >= 15 is 0 Å². The van der Waals surface area contributed by atoms with Gasteiger partial charge in [0.25, 0.3) is 0 Å². The molecule has 0 atom stereocenters. The summed E-state index contributed by atoms with van der Waals surface area (Å²) in [7, 11) is 0. The summed E-state index contributed by atoms with van der Waals surface area (Å²) in [4.78, 5) is 4.23. The third-order valence-electron chi connectivity index (χ3n) is 3.70. The highest BCUT2D eigenvalue weighted by Gasteiger charge is 2.17. The monoisotopic (exact) mass is 296 g/mol. The minimum absolute atomic E-state index is 0.781. The Morgan fingerprint density at radius 3 is 2.88 bits per heavy atom. The SMILES string of the molecule is CCn1cncc1C=C(CBr)C1CCCCC1. The number of imidazole rings is 1. The lowest BCUT2D eigenvalue weighted by Gasteiger charge is -2.23. The van der Waals surface area contributed by atoms with E-state index in [2.05, 4.69) is 38.5 Å². The normalized spacial score (nSPS) is 18.6. The van der Waals surface area contributed by atoms with Crippen LogP contribution in [-0.4, -0.2) is 14.9 Å². The Hall–Kier alpha value is -0.570. The number of allylic oxidation sites excluding steroid dienone is 1. The van der Waals surface area contributed by atoms with Crippen LogP contribution in [0, 0.1) is 5.92 Å². The van der Waals surface area contributed by atoms with Crippen molar-refractivity contribution in [2.45, 2.75) is 45.6 Å². The van der Waals surface area contributed by atoms with Crippen LogP contribution in [0.3, 0.4) is 0 Å². The van der Waals surface area contributed by atoms with Gasteiger partial charge in [-0.2, -0.15) is 0 Å². The standard InChI is InChI=1S/C14H21BrN2/c1-2-17-11-16-10-14(17)8-13(9-15)12-6-4-3-5-7-12/h8,10-12H,2-7,9H2,1H3. The van der Waals surface area contributed by atoms with Gasteiger partial charge >= 0.3 is 0 Å². The van der Waals surface area contributed by atoms with Crippen molar-refractivity contribution in [3.8, 4) is 0 Å². The first kappa shape index (κ1) is 12.9. The number of aryl methyl sites for hydroxylation is 1. The molecule has 94 valence electrons. The number of hydrogen-bond acceptors (Lipinski definition) is 1. The molecule has 0 radical (unpaired) electrons. The fourth-order valence-corrected chi connectivity index (χ4v) is 3.26. The van der Waals surface area contributed by atoms with Crippen molar-refractivity contribution in [2.75, 3.05) is 5.33 Å². The summed E-state index contributed by atoms with van der Waals surface area (Å²) in [6, 6.07) is 0. The van der Waals surface area contributed by atoms with Crippen LogP contribution in [0.1, 0.15) is 44.7 Å². The van der Waals surface area contributed by atoms with E-state index in [1.165, 1.54) is 37.8 Å². The fraction of sp³-hybridized carbons (Fsp3) is 0.643. The van der Waals surface area contributed by atoms with Crippen LogP contribution in [0.15, 0.2) is 18.1 Å². The summed E-state index contributed by atoms with van der Waals surface area (Å²) in [5.41, 5.74) is 2.78. The van der Waals surface area contributed by atoms with E-state index in [1.807, 2.05) is 12.5 Å². The Balaban J connectivity index is 2.16. The van der Waals surface area contributed by atoms with E-state index in [-0.39, 0.29) is 0 Å². The molecule has 0 amide bonds. The summed E-state index contributed by atoms with van der Waals surface area (Å²) in [6.07, 6.45) is 13.1. The molecule has 1 aromatic heterocycles. The maximum Gasteiger partial charge on any atom is 0.0950 e. The Morgan fingerprint density at radius 1 is 1.47 bits per heavy atom. The molecule has 0 aromatic carbocycles. The molecule has 3 heteroatoms. The molecule has 0 aliphatic heterocycles. The zero-order chi connectivity index (χ0) is 12.1. The number of hydrogen-bond donors (Lipinski definition) is 0. The zero-order valence-electron chi connectivity index (χ0n) is 10.5. The van der Waals surface area contributed by atoms with Crippen molar-refractivity contribution in [3.63, 3.8) is 0 Å². The molecule has 0 spiro atoms. The maximum absolute atomic E-state index is 4.23. The maximum atomic E-state index is 4.23. The van der Waals surface area contributed by atoms with Crippen LogP contribution < -0.4 is 0 Å². The van der Waals surface area contributed by atoms with Gasteiger partial charge in [0, 0.05) is 11.9 Å². The van der Waals surface area contributed by atoms with E-state index in [0.717, 1.165) is 17.8 Å². The Bertz CT molecular complexity index is 375. The molecular formula is C14H21BrN2. The van der Waals surface area contributed by atoms with Crippen molar-refractivity contribution in [3.05, 3.63) is 23.8 Å². The van der Waals surface area contributed by atoms with Crippen molar-refractivity contribution < 1.29 is 0 Å². The number of nitrogens with zero attached hydrogens (tertiary/aromatic N) is 2. The molecule has 2 nitrogen and oxygen atoms in total. The lowest BCUT2D eigenvalue weighted by atomic mass is 9.84. The lowest BCUT2D eigenvalue weighted by molar-refractivity contribution is 0.405. The summed E-state index contributed by atoms with van der Waals surface area (Å²) < 4.78 is 2.20. The zero-order valence-corrected chi connectivity index (χ0v) is 12.1. The average molecular weight is 297 g/mol. The van der Waals surface area contributed by atoms with Crippen molar-refractivity contribution in [2.24, 2.45) is 5.92 Å². The molecule has 0 unspecified atom stereocenters. The minimum atomic E-state index is 0.781. The third-order valence-corrected chi connectivity index (χ3v) is 4.35. The molecule has 1 fully saturated rings. The Kier molecular flexibility index (Phi) is 4.84. The predicted octanol–water partition coefficient (Wildman–Crippen LogP) is 4.26. The molecule has 1 aliphatic carbocycles. The van der Waals surface area contributed by atoms with Gasteiger partial charge < -0.3 is 4.57 Å². The van der Waals surface area contributed by atoms with Gasteiger partial charge in [-0.1, -0.05) is 40.8 Å². The van der Waals surface area contributed by atoms with Gasteiger partial charge in [-0.25, -0.2) is 4.98 Å². The summed E-state index contributed by atoms with van der Waals surface area (Å²) in [5, 5.41) is 0.993. The van der Waals surface area contributed by atoms with E-state index in [1.54, 1.807) is 5.57 Å². The molecule has 0 N–H and O–H groups in total. The second-order valence-corrected chi connectivity index (χ2v) is 5.35. The van der Waals surface area contributed by atoms with E-state index in [0.29, 0.717) is 0 Å². The number of halogens is 1. The van der Waals surface area contributed by atoms with Crippen LogP contribution in [0.25, 0.3) is 6.08 Å². The Morgan fingerprint density at radius 2 is 2.24 bits per heavy atom. The molecule has 1 heterocycles. The smallest absolute Gasteiger partial charge is 0.0950 e. The lowest BCUT2D eigenvalue weighted by Crippen LogP contribution is -2.10. The van der Waals surface area contributed by atoms with Crippen molar-refractivity contribution in [1.82, 2.24) is 9.55 Å². The first-order valence-electron chi connectivity index (χ1n) is 6.61. The average Bonchev–Trinajstić information content (AvgIpc) is 2.84. The molecule has 1 aromatic rings. The summed E-state index contributed by atoms with van der Waals surface area (Å²) >= 11 is 3.65. The number of rotatable bonds is 4. The van der Waals surface area contributed by atoms with Gasteiger partial charge in [0.05, 0.1) is 18.2 Å². The van der Waals surface area contributed by atoms with E-state index in [4.69, 9.17) is 0 Å². The molecule has 1 aliphatic rings. The highest BCUT2D eigenvalue weighted by molar-refractivity contribution is 9.09. The first-order valence-corrected chi connectivity index (χ1v) is 7.74. The quantitative estimate of drug-likeness (QED) is 0.759. The summed E-state index contributed by atoms with van der Waals surface area (Å²) in [6.45, 7) is 3.15. The van der Waals surface area contributed by atoms with Crippen LogP contribution in [0.5, 0.6) is 0 Å². The molecule has 0 saturated heterocycles. The van der Waals surface area contributed by atoms with E-state index in [9.17, 15) is 0 Å². The van der Waals surface area contributed by atoms with Crippen LogP contribution in [-0.2, 0) is 6.54 Å². The Labute approximate surface area is 112 Å². The van der Waals surface area contributed by atoms with Gasteiger partial charge in [0.15, 0.2) is 0 Å². The van der Waals surface area contributed by atoms with Crippen molar-refractivity contribution >= 4 is 22.0 Å². The molecule has 1 saturated carbocycles. The minimum Gasteiger partial charge on any atom is -0.331 e. The van der Waals surface area contributed by atoms with Crippen LogP contribution in [0.2, 0.25) is 0 Å². The number of aromatic nitrogens is 2. The van der Waals surface area contributed by atoms with Gasteiger partial charge in [-0.15, -0.1) is 0 Å². The molecular weight excluding hydrogens is 276 g/mol. The second kappa shape index (κ2) is 6.39. The first-order chi connectivity index (χ1) is 8.35. The van der Waals surface area contributed by atoms with E-state index < -0.39 is 0 Å². The largest absolute Gasteiger partial charge is 0.331 e. The van der Waals surface area contributed by atoms with Gasteiger partial charge in [-0.3, -0.25) is 0 Å². The molecule has 17 heavy (non-hydrogen) atoms. The van der Waals surface area contributed by atoms with Crippen molar-refractivity contribution in [1.29, 1.82) is 0 Å². The highest BCUT2D eigenvalue weighted by atomic mass is 79.9. The van der Waals surface area contributed by atoms with Gasteiger partial charge in [-0.05, 0) is 31.8 Å². The van der Waals surface area contributed by atoms with Crippen LogP contribution >= 0.6 is 15.9 Å². The molecule has 0 bridgehead atoms. The second-order valence-electron chi connectivity index (χ2n) is 4.79. The van der Waals surface area contributed by atoms with Crippen LogP contribution in [0.4, 0.5) is 0 Å². The summed E-state index contributed by atoms with van der Waals surface area (Å²) in [5.74, 6) is 0.781. The fourth-order valence-electron chi connectivity index (χ4n) is 2.64. The third kappa shape index (κ3) is 3.21. The van der Waals surface area contributed by atoms with Gasteiger partial charge in [0.1, 0.15) is 0 Å². The highest BCUT2D eigenvalue weighted by Crippen LogP contribution is 2.31. The molecule has 2 rings (SSSR count). The predicted molar refractivity (Wildman–Crippen MR) is 76.2 cm³/mol. The number of alkyl halides is 1.